The van der Waals surface area contributed by atoms with Crippen molar-refractivity contribution in [2.75, 3.05) is 47.3 Å². The second-order valence-electron chi connectivity index (χ2n) is 8.00. The number of rotatable bonds is 3. The highest BCUT2D eigenvalue weighted by Gasteiger charge is 2.29. The van der Waals surface area contributed by atoms with Gasteiger partial charge >= 0.3 is 0 Å². The van der Waals surface area contributed by atoms with Crippen molar-refractivity contribution in [3.63, 3.8) is 0 Å². The van der Waals surface area contributed by atoms with Crippen LogP contribution in [0.25, 0.3) is 0 Å². The molecule has 1 heterocycles. The molecule has 2 aromatic carbocycles. The maximum absolute atomic E-state index is 13.0. The van der Waals surface area contributed by atoms with E-state index in [1.807, 2.05) is 36.1 Å². The molecule has 1 aliphatic heterocycles. The highest BCUT2D eigenvalue weighted by atomic mass is 19.1. The van der Waals surface area contributed by atoms with Crippen LogP contribution in [0.5, 0.6) is 11.5 Å². The number of benzene rings is 2. The molecule has 0 spiro atoms. The lowest BCUT2D eigenvalue weighted by Gasteiger charge is -2.38. The van der Waals surface area contributed by atoms with Crippen LogP contribution in [0.4, 0.5) is 4.39 Å². The molecule has 0 aromatic heterocycles. The van der Waals surface area contributed by atoms with E-state index in [-0.39, 0.29) is 17.6 Å². The third-order valence-electron chi connectivity index (χ3n) is 5.24. The molecule has 0 unspecified atom stereocenters. The topological polar surface area (TPSA) is 54.3 Å². The highest BCUT2D eigenvalue weighted by molar-refractivity contribution is 6.40. The standard InChI is InChI=1S/C23H28FN4O2/c1-17(26-22(25-2)23(29)27-13-15-28(3,4)16-14-27)18-5-9-20(10-6-18)30-21-11-7-19(24)8-12-21/h5-12H,13-16H2,1-4H3/q+1. The minimum absolute atomic E-state index is 0.132. The number of ether oxygens (including phenoxy) is 1. The lowest BCUT2D eigenvalue weighted by molar-refractivity contribution is -0.894. The Labute approximate surface area is 176 Å². The molecule has 3 rings (SSSR count). The van der Waals surface area contributed by atoms with Gasteiger partial charge in [0.15, 0.2) is 0 Å². The fourth-order valence-electron chi connectivity index (χ4n) is 3.17. The van der Waals surface area contributed by atoms with E-state index in [1.54, 1.807) is 19.2 Å². The number of hydrogen-bond donors (Lipinski definition) is 0. The Hall–Kier alpha value is -3.06. The van der Waals surface area contributed by atoms with Gasteiger partial charge in [0.25, 0.3) is 5.91 Å². The van der Waals surface area contributed by atoms with Crippen LogP contribution in [0.3, 0.4) is 0 Å². The first-order valence-electron chi connectivity index (χ1n) is 9.95. The van der Waals surface area contributed by atoms with Crippen LogP contribution in [0.2, 0.25) is 0 Å². The molecule has 0 N–H and O–H groups in total. The molecular formula is C23H28FN4O2+. The zero-order valence-electron chi connectivity index (χ0n) is 17.9. The molecule has 1 saturated heterocycles. The Balaban J connectivity index is 1.67. The highest BCUT2D eigenvalue weighted by Crippen LogP contribution is 2.22. The van der Waals surface area contributed by atoms with Gasteiger partial charge in [0.05, 0.1) is 40.3 Å². The predicted molar refractivity (Wildman–Crippen MR) is 117 cm³/mol. The van der Waals surface area contributed by atoms with E-state index in [4.69, 9.17) is 4.74 Å². The zero-order chi connectivity index (χ0) is 21.7. The Morgan fingerprint density at radius 3 is 2.07 bits per heavy atom. The monoisotopic (exact) mass is 411 g/mol. The summed E-state index contributed by atoms with van der Waals surface area (Å²) >= 11 is 0. The summed E-state index contributed by atoms with van der Waals surface area (Å²) in [6.45, 7) is 5.09. The zero-order valence-corrected chi connectivity index (χ0v) is 17.9. The second kappa shape index (κ2) is 9.17. The molecule has 30 heavy (non-hydrogen) atoms. The summed E-state index contributed by atoms with van der Waals surface area (Å²) in [5.41, 5.74) is 1.57. The van der Waals surface area contributed by atoms with Gasteiger partial charge in [-0.1, -0.05) is 0 Å². The first-order chi connectivity index (χ1) is 14.3. The third-order valence-corrected chi connectivity index (χ3v) is 5.24. The molecule has 158 valence electrons. The summed E-state index contributed by atoms with van der Waals surface area (Å²) in [4.78, 5) is 23.3. The lowest BCUT2D eigenvalue weighted by Crippen LogP contribution is -2.57. The van der Waals surface area contributed by atoms with Crippen molar-refractivity contribution in [3.05, 3.63) is 59.9 Å². The average molecular weight is 412 g/mol. The largest absolute Gasteiger partial charge is 0.457 e. The number of aliphatic imine (C=N–C) groups is 2. The molecule has 1 fully saturated rings. The Morgan fingerprint density at radius 2 is 1.53 bits per heavy atom. The van der Waals surface area contributed by atoms with Gasteiger partial charge in [-0.05, 0) is 61.0 Å². The number of carbonyl (C=O) groups excluding carboxylic acids is 1. The van der Waals surface area contributed by atoms with E-state index in [9.17, 15) is 9.18 Å². The van der Waals surface area contributed by atoms with Gasteiger partial charge in [-0.3, -0.25) is 9.79 Å². The third kappa shape index (κ3) is 5.51. The Bertz CT molecular complexity index is 940. The predicted octanol–water partition coefficient (Wildman–Crippen LogP) is 3.37. The summed E-state index contributed by atoms with van der Waals surface area (Å²) in [7, 11) is 5.93. The van der Waals surface area contributed by atoms with Crippen LogP contribution < -0.4 is 4.74 Å². The van der Waals surface area contributed by atoms with E-state index in [2.05, 4.69) is 24.1 Å². The second-order valence-corrected chi connectivity index (χ2v) is 8.00. The number of quaternary nitrogens is 1. The van der Waals surface area contributed by atoms with Crippen LogP contribution in [0.15, 0.2) is 58.5 Å². The summed E-state index contributed by atoms with van der Waals surface area (Å²) < 4.78 is 19.6. The van der Waals surface area contributed by atoms with Gasteiger partial charge in [0.2, 0.25) is 5.84 Å². The molecule has 1 aliphatic rings. The Kier molecular flexibility index (Phi) is 6.62. The SMILES string of the molecule is CN=C(N=C(C)c1ccc(Oc2ccc(F)cc2)cc1)C(=O)N1CC[N+](C)(C)CC1. The number of piperazine rings is 1. The molecule has 0 bridgehead atoms. The van der Waals surface area contributed by atoms with E-state index in [0.29, 0.717) is 30.3 Å². The first kappa shape index (κ1) is 21.6. The maximum Gasteiger partial charge on any atom is 0.291 e. The first-order valence-corrected chi connectivity index (χ1v) is 9.95. The fraction of sp³-hybridized carbons (Fsp3) is 0.348. The molecular weight excluding hydrogens is 383 g/mol. The average Bonchev–Trinajstić information content (AvgIpc) is 2.73. The van der Waals surface area contributed by atoms with Gasteiger partial charge in [-0.15, -0.1) is 0 Å². The number of hydrogen-bond acceptors (Lipinski definition) is 3. The molecule has 7 heteroatoms. The number of amidine groups is 1. The van der Waals surface area contributed by atoms with E-state index in [1.165, 1.54) is 12.1 Å². The van der Waals surface area contributed by atoms with E-state index < -0.39 is 0 Å². The van der Waals surface area contributed by atoms with Crippen molar-refractivity contribution in [2.45, 2.75) is 6.92 Å². The van der Waals surface area contributed by atoms with Gasteiger partial charge in [-0.2, -0.15) is 0 Å². The van der Waals surface area contributed by atoms with Crippen LogP contribution in [0.1, 0.15) is 12.5 Å². The number of nitrogens with zero attached hydrogens (tertiary/aromatic N) is 4. The van der Waals surface area contributed by atoms with Crippen LogP contribution >= 0.6 is 0 Å². The Morgan fingerprint density at radius 1 is 1.00 bits per heavy atom. The molecule has 2 aromatic rings. The maximum atomic E-state index is 13.0. The summed E-state index contributed by atoms with van der Waals surface area (Å²) in [5, 5.41) is 0. The molecule has 0 saturated carbocycles. The van der Waals surface area contributed by atoms with Crippen LogP contribution in [-0.2, 0) is 4.79 Å². The number of carbonyl (C=O) groups is 1. The minimum atomic E-state index is -0.306. The van der Waals surface area contributed by atoms with Gasteiger partial charge in [0, 0.05) is 12.8 Å². The summed E-state index contributed by atoms with van der Waals surface area (Å²) in [5.74, 6) is 0.968. The molecule has 0 aliphatic carbocycles. The molecule has 0 radical (unpaired) electrons. The summed E-state index contributed by atoms with van der Waals surface area (Å²) in [6, 6.07) is 13.2. The van der Waals surface area contributed by atoms with Crippen molar-refractivity contribution in [1.82, 2.24) is 4.90 Å². The quantitative estimate of drug-likeness (QED) is 0.442. The molecule has 1 amide bonds. The van der Waals surface area contributed by atoms with Crippen molar-refractivity contribution in [1.29, 1.82) is 0 Å². The summed E-state index contributed by atoms with van der Waals surface area (Å²) in [6.07, 6.45) is 0. The smallest absolute Gasteiger partial charge is 0.291 e. The number of halogens is 1. The van der Waals surface area contributed by atoms with Gasteiger partial charge < -0.3 is 14.1 Å². The van der Waals surface area contributed by atoms with E-state index in [0.717, 1.165) is 23.1 Å². The molecule has 6 nitrogen and oxygen atoms in total. The van der Waals surface area contributed by atoms with Crippen molar-refractivity contribution in [2.24, 2.45) is 9.98 Å². The number of likely N-dealkylation sites (N-methyl/N-ethyl adjacent to an activating group) is 1. The van der Waals surface area contributed by atoms with Crippen molar-refractivity contribution in [3.8, 4) is 11.5 Å². The van der Waals surface area contributed by atoms with Crippen molar-refractivity contribution < 1.29 is 18.4 Å². The van der Waals surface area contributed by atoms with Crippen LogP contribution in [-0.4, -0.2) is 74.2 Å². The number of amides is 1. The minimum Gasteiger partial charge on any atom is -0.457 e. The van der Waals surface area contributed by atoms with Gasteiger partial charge in [0.1, 0.15) is 17.3 Å². The van der Waals surface area contributed by atoms with Crippen LogP contribution in [0, 0.1) is 5.82 Å². The van der Waals surface area contributed by atoms with E-state index >= 15 is 0 Å². The normalized spacial score (nSPS) is 17.0. The molecule has 0 atom stereocenters. The van der Waals surface area contributed by atoms with Gasteiger partial charge in [-0.25, -0.2) is 9.38 Å². The lowest BCUT2D eigenvalue weighted by atomic mass is 10.1. The fourth-order valence-corrected chi connectivity index (χ4v) is 3.17. The van der Waals surface area contributed by atoms with Crippen molar-refractivity contribution >= 4 is 17.5 Å².